The Morgan fingerprint density at radius 3 is 2.53 bits per heavy atom. The molecule has 4 nitrogen and oxygen atoms in total. The Morgan fingerprint density at radius 1 is 1.32 bits per heavy atom. The quantitative estimate of drug-likeness (QED) is 0.826. The van der Waals surface area contributed by atoms with Crippen LogP contribution in [0.2, 0.25) is 0 Å². The van der Waals surface area contributed by atoms with Gasteiger partial charge < -0.3 is 15.3 Å². The van der Waals surface area contributed by atoms with Crippen LogP contribution < -0.4 is 5.32 Å². The van der Waals surface area contributed by atoms with Gasteiger partial charge in [0.25, 0.3) is 0 Å². The van der Waals surface area contributed by atoms with Crippen molar-refractivity contribution in [2.24, 2.45) is 0 Å². The third-order valence-corrected chi connectivity index (χ3v) is 3.32. The molecule has 0 radical (unpaired) electrons. The minimum Gasteiger partial charge on any atom is -0.394 e. The second-order valence-electron chi connectivity index (χ2n) is 5.02. The Labute approximate surface area is 115 Å². The molecule has 2 unspecified atom stereocenters. The number of nitrogens with zero attached hydrogens (tertiary/aromatic N) is 1. The van der Waals surface area contributed by atoms with Gasteiger partial charge in [0.05, 0.1) is 12.6 Å². The molecule has 0 bridgehead atoms. The van der Waals surface area contributed by atoms with Crippen molar-refractivity contribution in [2.45, 2.75) is 38.8 Å². The zero-order chi connectivity index (χ0) is 14.3. The van der Waals surface area contributed by atoms with Crippen LogP contribution in [0.15, 0.2) is 30.3 Å². The number of likely N-dealkylation sites (N-methyl/N-ethyl adjacent to an activating group) is 1. The number of rotatable bonds is 6. The number of aliphatic hydroxyl groups excluding tert-OH is 1. The normalized spacial score (nSPS) is 13.7. The Kier molecular flexibility index (Phi) is 6.36. The van der Waals surface area contributed by atoms with Crippen LogP contribution in [0.5, 0.6) is 0 Å². The van der Waals surface area contributed by atoms with Gasteiger partial charge in [-0.2, -0.15) is 0 Å². The number of carbonyl (C=O) groups is 1. The number of urea groups is 1. The van der Waals surface area contributed by atoms with Gasteiger partial charge in [-0.05, 0) is 32.3 Å². The first-order chi connectivity index (χ1) is 9.04. The first-order valence-corrected chi connectivity index (χ1v) is 6.72. The summed E-state index contributed by atoms with van der Waals surface area (Å²) < 4.78 is 0. The maximum atomic E-state index is 11.9. The van der Waals surface area contributed by atoms with Gasteiger partial charge in [0.2, 0.25) is 0 Å². The molecule has 0 heterocycles. The van der Waals surface area contributed by atoms with Gasteiger partial charge in [0.15, 0.2) is 0 Å². The smallest absolute Gasteiger partial charge is 0.317 e. The third kappa shape index (κ3) is 5.30. The zero-order valence-corrected chi connectivity index (χ0v) is 12.0. The molecule has 2 amide bonds. The summed E-state index contributed by atoms with van der Waals surface area (Å²) in [6, 6.07) is 10.0. The fourth-order valence-corrected chi connectivity index (χ4v) is 1.74. The van der Waals surface area contributed by atoms with Gasteiger partial charge in [-0.25, -0.2) is 4.79 Å². The van der Waals surface area contributed by atoms with Crippen molar-refractivity contribution in [3.8, 4) is 0 Å². The second-order valence-corrected chi connectivity index (χ2v) is 5.02. The van der Waals surface area contributed by atoms with Gasteiger partial charge in [-0.3, -0.25) is 0 Å². The van der Waals surface area contributed by atoms with Crippen LogP contribution in [0.4, 0.5) is 4.79 Å². The maximum absolute atomic E-state index is 11.9. The Morgan fingerprint density at radius 2 is 1.95 bits per heavy atom. The molecular formula is C15H24N2O2. The lowest BCUT2D eigenvalue weighted by Gasteiger charge is -2.25. The van der Waals surface area contributed by atoms with Crippen LogP contribution >= 0.6 is 0 Å². The molecule has 0 aliphatic carbocycles. The van der Waals surface area contributed by atoms with Crippen LogP contribution in [-0.4, -0.2) is 41.8 Å². The summed E-state index contributed by atoms with van der Waals surface area (Å²) in [6.07, 6.45) is 1.85. The highest BCUT2D eigenvalue weighted by Gasteiger charge is 2.16. The van der Waals surface area contributed by atoms with E-state index in [0.29, 0.717) is 0 Å². The summed E-state index contributed by atoms with van der Waals surface area (Å²) in [7, 11) is 1.69. The van der Waals surface area contributed by atoms with E-state index in [4.69, 9.17) is 5.11 Å². The summed E-state index contributed by atoms with van der Waals surface area (Å²) in [5.41, 5.74) is 1.28. The van der Waals surface area contributed by atoms with Gasteiger partial charge in [-0.15, -0.1) is 0 Å². The number of hydrogen-bond acceptors (Lipinski definition) is 2. The van der Waals surface area contributed by atoms with E-state index >= 15 is 0 Å². The molecule has 1 aromatic carbocycles. The number of aliphatic hydroxyl groups is 1. The molecular weight excluding hydrogens is 240 g/mol. The van der Waals surface area contributed by atoms with Gasteiger partial charge in [0, 0.05) is 13.1 Å². The molecule has 1 rings (SSSR count). The first-order valence-electron chi connectivity index (χ1n) is 6.72. The van der Waals surface area contributed by atoms with E-state index in [1.807, 2.05) is 32.0 Å². The zero-order valence-electron chi connectivity index (χ0n) is 12.0. The minimum absolute atomic E-state index is 0.0255. The first kappa shape index (κ1) is 15.5. The van der Waals surface area contributed by atoms with Crippen molar-refractivity contribution in [3.05, 3.63) is 35.9 Å². The van der Waals surface area contributed by atoms with Crippen LogP contribution in [0.3, 0.4) is 0 Å². The van der Waals surface area contributed by atoms with Gasteiger partial charge in [-0.1, -0.05) is 30.3 Å². The average molecular weight is 264 g/mol. The number of carbonyl (C=O) groups excluding carboxylic acids is 1. The molecule has 0 fully saturated rings. The molecule has 4 heteroatoms. The molecule has 0 spiro atoms. The fraction of sp³-hybridized carbons (Fsp3) is 0.533. The second kappa shape index (κ2) is 7.79. The lowest BCUT2D eigenvalue weighted by atomic mass is 10.1. The molecule has 0 saturated carbocycles. The highest BCUT2D eigenvalue weighted by Crippen LogP contribution is 2.05. The lowest BCUT2D eigenvalue weighted by Crippen LogP contribution is -2.46. The maximum Gasteiger partial charge on any atom is 0.317 e. The number of nitrogens with one attached hydrogen (secondary N) is 1. The van der Waals surface area contributed by atoms with E-state index in [-0.39, 0.29) is 24.7 Å². The van der Waals surface area contributed by atoms with Gasteiger partial charge in [0.1, 0.15) is 0 Å². The summed E-state index contributed by atoms with van der Waals surface area (Å²) in [6.45, 7) is 3.79. The number of aryl methyl sites for hydroxylation is 1. The molecule has 0 aromatic heterocycles. The number of amides is 2. The molecule has 0 saturated heterocycles. The molecule has 2 atom stereocenters. The molecule has 106 valence electrons. The largest absolute Gasteiger partial charge is 0.394 e. The minimum atomic E-state index is -0.165. The molecule has 19 heavy (non-hydrogen) atoms. The molecule has 2 N–H and O–H groups in total. The van der Waals surface area contributed by atoms with Crippen LogP contribution in [-0.2, 0) is 6.42 Å². The number of hydrogen-bond donors (Lipinski definition) is 2. The van der Waals surface area contributed by atoms with Crippen molar-refractivity contribution in [2.75, 3.05) is 13.7 Å². The summed E-state index contributed by atoms with van der Waals surface area (Å²) in [5.74, 6) is 0. The summed E-state index contributed by atoms with van der Waals surface area (Å²) in [5, 5.41) is 12.0. The Balaban J connectivity index is 2.35. The summed E-state index contributed by atoms with van der Waals surface area (Å²) >= 11 is 0. The van der Waals surface area contributed by atoms with Crippen LogP contribution in [0.1, 0.15) is 25.8 Å². The summed E-state index contributed by atoms with van der Waals surface area (Å²) in [4.78, 5) is 13.4. The van der Waals surface area contributed by atoms with E-state index in [2.05, 4.69) is 17.4 Å². The van der Waals surface area contributed by atoms with Crippen LogP contribution in [0, 0.1) is 0 Å². The highest BCUT2D eigenvalue weighted by molar-refractivity contribution is 5.74. The average Bonchev–Trinajstić information content (AvgIpc) is 2.44. The van der Waals surface area contributed by atoms with Crippen LogP contribution in [0.25, 0.3) is 0 Å². The van der Waals surface area contributed by atoms with E-state index in [1.54, 1.807) is 7.05 Å². The van der Waals surface area contributed by atoms with Crippen molar-refractivity contribution >= 4 is 6.03 Å². The predicted molar refractivity (Wildman–Crippen MR) is 77.1 cm³/mol. The standard InChI is InChI=1S/C15H24N2O2/c1-12(9-10-14-7-5-4-6-8-14)16-15(19)17(3)13(2)11-18/h4-8,12-13,18H,9-11H2,1-3H3,(H,16,19). The topological polar surface area (TPSA) is 52.6 Å². The lowest BCUT2D eigenvalue weighted by molar-refractivity contribution is 0.155. The highest BCUT2D eigenvalue weighted by atomic mass is 16.3. The fourth-order valence-electron chi connectivity index (χ4n) is 1.74. The van der Waals surface area contributed by atoms with E-state index < -0.39 is 0 Å². The Hall–Kier alpha value is -1.55. The molecule has 0 aliphatic heterocycles. The van der Waals surface area contributed by atoms with E-state index in [1.165, 1.54) is 10.5 Å². The predicted octanol–water partition coefficient (Wildman–Crippen LogP) is 2.03. The van der Waals surface area contributed by atoms with Gasteiger partial charge >= 0.3 is 6.03 Å². The Bertz CT molecular complexity index is 381. The third-order valence-electron chi connectivity index (χ3n) is 3.32. The molecule has 0 aliphatic rings. The van der Waals surface area contributed by atoms with Crippen molar-refractivity contribution in [1.29, 1.82) is 0 Å². The van der Waals surface area contributed by atoms with E-state index in [9.17, 15) is 4.79 Å². The molecule has 1 aromatic rings. The monoisotopic (exact) mass is 264 g/mol. The van der Waals surface area contributed by atoms with Crippen molar-refractivity contribution in [1.82, 2.24) is 10.2 Å². The SMILES string of the molecule is CC(CCc1ccccc1)NC(=O)N(C)C(C)CO. The van der Waals surface area contributed by atoms with Crippen molar-refractivity contribution in [3.63, 3.8) is 0 Å². The van der Waals surface area contributed by atoms with E-state index in [0.717, 1.165) is 12.8 Å². The van der Waals surface area contributed by atoms with Crippen molar-refractivity contribution < 1.29 is 9.90 Å². The number of benzene rings is 1.